The zero-order valence-electron chi connectivity index (χ0n) is 20.9. The number of hydrogen-bond donors (Lipinski definition) is 1. The molecule has 9 heteroatoms. The van der Waals surface area contributed by atoms with E-state index >= 15 is 0 Å². The van der Waals surface area contributed by atoms with Gasteiger partial charge in [0.05, 0.1) is 17.8 Å². The van der Waals surface area contributed by atoms with Gasteiger partial charge in [0, 0.05) is 62.0 Å². The third-order valence-corrected chi connectivity index (χ3v) is 7.61. The van der Waals surface area contributed by atoms with E-state index in [-0.39, 0.29) is 5.91 Å². The molecule has 0 unspecified atom stereocenters. The first-order valence-corrected chi connectivity index (χ1v) is 12.7. The SMILES string of the molecule is CC(=O)N1CCC(n2cc(-c3cnc(N)c4oc(-c5ccc(N6CCCC6)nc5)cc34)c[n+]2C)CC1. The van der Waals surface area contributed by atoms with Crippen LogP contribution in [0.15, 0.2) is 47.4 Å². The molecule has 0 aromatic carbocycles. The molecule has 0 radical (unpaired) electrons. The van der Waals surface area contributed by atoms with Crippen molar-refractivity contribution in [2.45, 2.75) is 38.6 Å². The third kappa shape index (κ3) is 3.98. The van der Waals surface area contributed by atoms with E-state index in [4.69, 9.17) is 10.2 Å². The van der Waals surface area contributed by atoms with E-state index in [2.05, 4.69) is 55.8 Å². The van der Waals surface area contributed by atoms with Gasteiger partial charge in [-0.25, -0.2) is 9.97 Å². The Morgan fingerprint density at radius 2 is 1.86 bits per heavy atom. The molecule has 186 valence electrons. The summed E-state index contributed by atoms with van der Waals surface area (Å²) < 4.78 is 10.6. The minimum atomic E-state index is 0.151. The molecule has 2 fully saturated rings. The molecule has 6 rings (SSSR count). The van der Waals surface area contributed by atoms with Crippen LogP contribution in [0.4, 0.5) is 11.6 Å². The van der Waals surface area contributed by atoms with Gasteiger partial charge in [0.25, 0.3) is 0 Å². The van der Waals surface area contributed by atoms with Crippen molar-refractivity contribution in [2.24, 2.45) is 7.05 Å². The Labute approximate surface area is 210 Å². The summed E-state index contributed by atoms with van der Waals surface area (Å²) in [6.45, 7) is 5.35. The first-order valence-electron chi connectivity index (χ1n) is 12.7. The quantitative estimate of drug-likeness (QED) is 0.443. The van der Waals surface area contributed by atoms with Gasteiger partial charge in [0.1, 0.15) is 11.6 Å². The number of anilines is 2. The minimum absolute atomic E-state index is 0.151. The predicted molar refractivity (Wildman–Crippen MR) is 138 cm³/mol. The molecule has 2 N–H and O–H groups in total. The smallest absolute Gasteiger partial charge is 0.219 e. The van der Waals surface area contributed by atoms with Crippen LogP contribution >= 0.6 is 0 Å². The number of aryl methyl sites for hydroxylation is 1. The zero-order chi connectivity index (χ0) is 24.8. The fourth-order valence-corrected chi connectivity index (χ4v) is 5.56. The summed E-state index contributed by atoms with van der Waals surface area (Å²) in [5.41, 5.74) is 9.76. The highest BCUT2D eigenvalue weighted by atomic mass is 16.3. The van der Waals surface area contributed by atoms with E-state index in [1.807, 2.05) is 23.4 Å². The molecule has 1 amide bonds. The number of nitrogens with two attached hydrogens (primary N) is 1. The number of aromatic nitrogens is 4. The van der Waals surface area contributed by atoms with E-state index in [0.29, 0.717) is 17.4 Å². The molecule has 2 saturated heterocycles. The molecule has 2 aliphatic heterocycles. The number of furan rings is 1. The van der Waals surface area contributed by atoms with Gasteiger partial charge in [-0.3, -0.25) is 4.79 Å². The van der Waals surface area contributed by atoms with E-state index in [0.717, 1.165) is 72.7 Å². The second-order valence-corrected chi connectivity index (χ2v) is 9.91. The van der Waals surface area contributed by atoms with Crippen LogP contribution in [0, 0.1) is 0 Å². The average molecular weight is 487 g/mol. The monoisotopic (exact) mass is 486 g/mol. The molecule has 2 aliphatic rings. The Kier molecular flexibility index (Phi) is 5.62. The largest absolute Gasteiger partial charge is 0.452 e. The summed E-state index contributed by atoms with van der Waals surface area (Å²) >= 11 is 0. The number of amides is 1. The maximum absolute atomic E-state index is 11.7. The van der Waals surface area contributed by atoms with Gasteiger partial charge in [-0.15, -0.1) is 4.68 Å². The number of rotatable bonds is 4. The number of nitrogens with zero attached hydrogens (tertiary/aromatic N) is 6. The molecule has 4 aromatic rings. The molecular weight excluding hydrogens is 454 g/mol. The van der Waals surface area contributed by atoms with Crippen molar-refractivity contribution in [3.63, 3.8) is 0 Å². The lowest BCUT2D eigenvalue weighted by atomic mass is 10.0. The highest BCUT2D eigenvalue weighted by Crippen LogP contribution is 2.37. The number of pyridine rings is 2. The van der Waals surface area contributed by atoms with Crippen molar-refractivity contribution < 1.29 is 13.9 Å². The van der Waals surface area contributed by atoms with Crippen LogP contribution in [0.2, 0.25) is 0 Å². The van der Waals surface area contributed by atoms with Gasteiger partial charge in [0.2, 0.25) is 12.1 Å². The molecule has 4 aromatic heterocycles. The van der Waals surface area contributed by atoms with Gasteiger partial charge in [-0.05, 0) is 43.9 Å². The Hall–Kier alpha value is -3.88. The van der Waals surface area contributed by atoms with Gasteiger partial charge < -0.3 is 20.0 Å². The summed E-state index contributed by atoms with van der Waals surface area (Å²) in [7, 11) is 2.05. The number of hydrogen-bond acceptors (Lipinski definition) is 6. The van der Waals surface area contributed by atoms with Crippen molar-refractivity contribution in [2.75, 3.05) is 36.8 Å². The van der Waals surface area contributed by atoms with Crippen LogP contribution in [0.3, 0.4) is 0 Å². The molecule has 36 heavy (non-hydrogen) atoms. The van der Waals surface area contributed by atoms with Crippen LogP contribution in [0.1, 0.15) is 38.6 Å². The first-order chi connectivity index (χ1) is 17.5. The summed E-state index contributed by atoms with van der Waals surface area (Å²) in [6, 6.07) is 6.51. The van der Waals surface area contributed by atoms with Crippen LogP contribution in [0.5, 0.6) is 0 Å². The highest BCUT2D eigenvalue weighted by molar-refractivity contribution is 6.00. The van der Waals surface area contributed by atoms with Gasteiger partial charge >= 0.3 is 0 Å². The molecule has 0 atom stereocenters. The number of carbonyl (C=O) groups excluding carboxylic acids is 1. The van der Waals surface area contributed by atoms with Crippen LogP contribution in [-0.2, 0) is 11.8 Å². The standard InChI is InChI=1S/C27H32N7O2/c1-18(35)32-11-7-21(8-12-32)34-17-20(16-31(34)2)23-15-30-27(28)26-22(23)13-24(36-26)19-5-6-25(29-14-19)33-9-3-4-10-33/h5-6,13-17,21H,3-4,7-12H2,1-2H3,(H2,28,30)/q+1. The van der Waals surface area contributed by atoms with Crippen molar-refractivity contribution in [3.8, 4) is 22.5 Å². The molecule has 6 heterocycles. The average Bonchev–Trinajstić information content (AvgIpc) is 3.65. The van der Waals surface area contributed by atoms with E-state index in [9.17, 15) is 4.79 Å². The lowest BCUT2D eigenvalue weighted by molar-refractivity contribution is -0.756. The maximum atomic E-state index is 11.7. The van der Waals surface area contributed by atoms with E-state index < -0.39 is 0 Å². The number of nitrogen functional groups attached to an aromatic ring is 1. The minimum Gasteiger partial charge on any atom is -0.452 e. The topological polar surface area (TPSA) is 97.3 Å². The third-order valence-electron chi connectivity index (χ3n) is 7.61. The number of carbonyl (C=O) groups is 1. The fraction of sp³-hybridized carbons (Fsp3) is 0.407. The Bertz CT molecular complexity index is 1410. The van der Waals surface area contributed by atoms with Gasteiger partial charge in [-0.1, -0.05) is 0 Å². The Morgan fingerprint density at radius 3 is 2.56 bits per heavy atom. The number of likely N-dealkylation sites (tertiary alicyclic amines) is 1. The summed E-state index contributed by atoms with van der Waals surface area (Å²) in [5.74, 6) is 2.27. The van der Waals surface area contributed by atoms with Gasteiger partial charge in [-0.2, -0.15) is 4.68 Å². The van der Waals surface area contributed by atoms with Crippen molar-refractivity contribution in [1.29, 1.82) is 0 Å². The Balaban J connectivity index is 1.31. The maximum Gasteiger partial charge on any atom is 0.219 e. The van der Waals surface area contributed by atoms with Crippen molar-refractivity contribution in [3.05, 3.63) is 43.0 Å². The first kappa shape index (κ1) is 22.6. The number of piperidine rings is 1. The molecule has 0 spiro atoms. The molecule has 0 bridgehead atoms. The number of fused-ring (bicyclic) bond motifs is 1. The van der Waals surface area contributed by atoms with Crippen LogP contribution < -0.4 is 15.3 Å². The molecule has 9 nitrogen and oxygen atoms in total. The molecule has 0 aliphatic carbocycles. The van der Waals surface area contributed by atoms with E-state index in [1.165, 1.54) is 12.8 Å². The van der Waals surface area contributed by atoms with Crippen LogP contribution in [-0.4, -0.2) is 51.6 Å². The second kappa shape index (κ2) is 8.96. The second-order valence-electron chi connectivity index (χ2n) is 9.91. The highest BCUT2D eigenvalue weighted by Gasteiger charge is 2.27. The predicted octanol–water partition coefficient (Wildman–Crippen LogP) is 3.55. The van der Waals surface area contributed by atoms with Crippen molar-refractivity contribution in [1.82, 2.24) is 19.5 Å². The lowest BCUT2D eigenvalue weighted by Gasteiger charge is -2.30. The lowest BCUT2D eigenvalue weighted by Crippen LogP contribution is -2.45. The van der Waals surface area contributed by atoms with E-state index in [1.54, 1.807) is 6.92 Å². The zero-order valence-corrected chi connectivity index (χ0v) is 20.9. The molecule has 0 saturated carbocycles. The Morgan fingerprint density at radius 1 is 1.08 bits per heavy atom. The fourth-order valence-electron chi connectivity index (χ4n) is 5.56. The van der Waals surface area contributed by atoms with Gasteiger partial charge in [0.15, 0.2) is 18.4 Å². The normalized spacial score (nSPS) is 16.8. The summed E-state index contributed by atoms with van der Waals surface area (Å²) in [5, 5.41) is 0.935. The van der Waals surface area contributed by atoms with Crippen molar-refractivity contribution >= 4 is 28.5 Å². The molecular formula is C27H32N7O2+. The summed E-state index contributed by atoms with van der Waals surface area (Å²) in [4.78, 5) is 25.1. The summed E-state index contributed by atoms with van der Waals surface area (Å²) in [6.07, 6.45) is 12.3. The van der Waals surface area contributed by atoms with Crippen LogP contribution in [0.25, 0.3) is 33.4 Å².